The van der Waals surface area contributed by atoms with Crippen LogP contribution in [0.2, 0.25) is 5.02 Å². The first-order valence-corrected chi connectivity index (χ1v) is 6.81. The highest BCUT2D eigenvalue weighted by Gasteiger charge is 2.37. The topological polar surface area (TPSA) is 69.6 Å². The van der Waals surface area contributed by atoms with Crippen LogP contribution in [-0.4, -0.2) is 35.1 Å². The largest absolute Gasteiger partial charge is 0.481 e. The molecule has 1 saturated heterocycles. The van der Waals surface area contributed by atoms with Crippen LogP contribution in [0.4, 0.5) is 10.5 Å². The van der Waals surface area contributed by atoms with Crippen molar-refractivity contribution < 1.29 is 14.7 Å². The van der Waals surface area contributed by atoms with Gasteiger partial charge in [0.25, 0.3) is 0 Å². The Balaban J connectivity index is 2.06. The van der Waals surface area contributed by atoms with Gasteiger partial charge in [-0.1, -0.05) is 24.6 Å². The van der Waals surface area contributed by atoms with Crippen LogP contribution in [-0.2, 0) is 4.79 Å². The molecule has 2 atom stereocenters. The van der Waals surface area contributed by atoms with Crippen LogP contribution < -0.4 is 5.32 Å². The molecule has 0 radical (unpaired) electrons. The molecule has 108 valence electrons. The quantitative estimate of drug-likeness (QED) is 0.881. The SMILES string of the molecule is Cc1c(Cl)cccc1NC(=O)N1CC(C)C(C(=O)O)C1. The lowest BCUT2D eigenvalue weighted by Gasteiger charge is -2.18. The highest BCUT2D eigenvalue weighted by Crippen LogP contribution is 2.26. The average Bonchev–Trinajstić information content (AvgIpc) is 2.77. The molecule has 0 aliphatic carbocycles. The molecule has 1 aromatic rings. The van der Waals surface area contributed by atoms with Gasteiger partial charge >= 0.3 is 12.0 Å². The van der Waals surface area contributed by atoms with Gasteiger partial charge in [-0.05, 0) is 30.5 Å². The summed E-state index contributed by atoms with van der Waals surface area (Å²) in [5.41, 5.74) is 1.44. The lowest BCUT2D eigenvalue weighted by atomic mass is 9.99. The summed E-state index contributed by atoms with van der Waals surface area (Å²) in [5.74, 6) is -1.40. The van der Waals surface area contributed by atoms with Crippen LogP contribution in [0, 0.1) is 18.8 Å². The molecule has 2 N–H and O–H groups in total. The van der Waals surface area contributed by atoms with E-state index in [1.165, 1.54) is 4.90 Å². The van der Waals surface area contributed by atoms with Crippen molar-refractivity contribution in [3.63, 3.8) is 0 Å². The average molecular weight is 297 g/mol. The Morgan fingerprint density at radius 3 is 2.70 bits per heavy atom. The van der Waals surface area contributed by atoms with E-state index >= 15 is 0 Å². The van der Waals surface area contributed by atoms with Crippen molar-refractivity contribution in [2.75, 3.05) is 18.4 Å². The van der Waals surface area contributed by atoms with Gasteiger partial charge in [-0.3, -0.25) is 4.79 Å². The van der Waals surface area contributed by atoms with Crippen LogP contribution >= 0.6 is 11.6 Å². The number of carboxylic acid groups (broad SMARTS) is 1. The number of carboxylic acids is 1. The zero-order chi connectivity index (χ0) is 14.9. The van der Waals surface area contributed by atoms with Crippen molar-refractivity contribution in [3.05, 3.63) is 28.8 Å². The maximum atomic E-state index is 12.2. The van der Waals surface area contributed by atoms with Crippen molar-refractivity contribution in [1.29, 1.82) is 0 Å². The minimum absolute atomic E-state index is 0.0429. The molecule has 0 saturated carbocycles. The number of nitrogens with zero attached hydrogens (tertiary/aromatic N) is 1. The monoisotopic (exact) mass is 296 g/mol. The van der Waals surface area contributed by atoms with E-state index in [0.29, 0.717) is 17.3 Å². The molecule has 1 aliphatic rings. The van der Waals surface area contributed by atoms with Crippen LogP contribution in [0.3, 0.4) is 0 Å². The van der Waals surface area contributed by atoms with Gasteiger partial charge in [-0.2, -0.15) is 0 Å². The van der Waals surface area contributed by atoms with Crippen molar-refractivity contribution in [3.8, 4) is 0 Å². The maximum absolute atomic E-state index is 12.2. The predicted molar refractivity (Wildman–Crippen MR) is 77.1 cm³/mol. The summed E-state index contributed by atoms with van der Waals surface area (Å²) in [5, 5.41) is 12.4. The number of benzene rings is 1. The van der Waals surface area contributed by atoms with Crippen LogP contribution in [0.1, 0.15) is 12.5 Å². The fourth-order valence-electron chi connectivity index (χ4n) is 2.39. The van der Waals surface area contributed by atoms with Crippen molar-refractivity contribution in [2.24, 2.45) is 11.8 Å². The molecule has 20 heavy (non-hydrogen) atoms. The number of anilines is 1. The number of likely N-dealkylation sites (tertiary alicyclic amines) is 1. The van der Waals surface area contributed by atoms with Gasteiger partial charge in [0.1, 0.15) is 0 Å². The summed E-state index contributed by atoms with van der Waals surface area (Å²) in [6.07, 6.45) is 0. The number of carbonyl (C=O) groups is 2. The van der Waals surface area contributed by atoms with E-state index in [1.807, 2.05) is 13.8 Å². The molecule has 0 bridgehead atoms. The third kappa shape index (κ3) is 2.88. The summed E-state index contributed by atoms with van der Waals surface area (Å²) < 4.78 is 0. The number of halogens is 1. The predicted octanol–water partition coefficient (Wildman–Crippen LogP) is 2.83. The Bertz CT molecular complexity index is 547. The molecule has 2 amide bonds. The zero-order valence-corrected chi connectivity index (χ0v) is 12.1. The van der Waals surface area contributed by atoms with E-state index in [2.05, 4.69) is 5.32 Å². The Morgan fingerprint density at radius 1 is 1.40 bits per heavy atom. The lowest BCUT2D eigenvalue weighted by molar-refractivity contribution is -0.142. The third-order valence-corrected chi connectivity index (χ3v) is 4.14. The summed E-state index contributed by atoms with van der Waals surface area (Å²) >= 11 is 6.00. The second kappa shape index (κ2) is 5.71. The van der Waals surface area contributed by atoms with Gasteiger partial charge in [0.15, 0.2) is 0 Å². The number of aliphatic carboxylic acids is 1. The molecule has 6 heteroatoms. The molecular weight excluding hydrogens is 280 g/mol. The fourth-order valence-corrected chi connectivity index (χ4v) is 2.57. The number of amides is 2. The third-order valence-electron chi connectivity index (χ3n) is 3.73. The highest BCUT2D eigenvalue weighted by molar-refractivity contribution is 6.31. The minimum Gasteiger partial charge on any atom is -0.481 e. The maximum Gasteiger partial charge on any atom is 0.321 e. The number of rotatable bonds is 2. The van der Waals surface area contributed by atoms with Gasteiger partial charge in [0.2, 0.25) is 0 Å². The number of carbonyl (C=O) groups excluding carboxylic acids is 1. The first-order valence-electron chi connectivity index (χ1n) is 6.44. The number of hydrogen-bond donors (Lipinski definition) is 2. The molecule has 1 aliphatic heterocycles. The second-order valence-corrected chi connectivity index (χ2v) is 5.58. The Labute approximate surface area is 122 Å². The van der Waals surface area contributed by atoms with Crippen LogP contribution in [0.25, 0.3) is 0 Å². The molecule has 2 rings (SSSR count). The Morgan fingerprint density at radius 2 is 2.10 bits per heavy atom. The summed E-state index contributed by atoms with van der Waals surface area (Å²) in [7, 11) is 0. The molecule has 5 nitrogen and oxygen atoms in total. The van der Waals surface area contributed by atoms with Gasteiger partial charge in [-0.15, -0.1) is 0 Å². The first-order chi connectivity index (χ1) is 9.40. The smallest absolute Gasteiger partial charge is 0.321 e. The Kier molecular flexibility index (Phi) is 4.18. The van der Waals surface area contributed by atoms with Crippen LogP contribution in [0.5, 0.6) is 0 Å². The van der Waals surface area contributed by atoms with E-state index in [1.54, 1.807) is 18.2 Å². The molecule has 2 unspecified atom stereocenters. The number of hydrogen-bond acceptors (Lipinski definition) is 2. The lowest BCUT2D eigenvalue weighted by Crippen LogP contribution is -2.34. The van der Waals surface area contributed by atoms with E-state index in [-0.39, 0.29) is 18.5 Å². The number of nitrogens with one attached hydrogen (secondary N) is 1. The molecule has 0 aromatic heterocycles. The normalized spacial score (nSPS) is 21.9. The number of urea groups is 1. The van der Waals surface area contributed by atoms with Crippen molar-refractivity contribution in [1.82, 2.24) is 4.90 Å². The summed E-state index contributed by atoms with van der Waals surface area (Å²) in [6, 6.07) is 5.00. The van der Waals surface area contributed by atoms with Gasteiger partial charge in [0, 0.05) is 23.8 Å². The van der Waals surface area contributed by atoms with Gasteiger partial charge in [0.05, 0.1) is 5.92 Å². The van der Waals surface area contributed by atoms with E-state index in [4.69, 9.17) is 16.7 Å². The molecule has 1 aromatic carbocycles. The molecule has 1 fully saturated rings. The Hall–Kier alpha value is -1.75. The fraction of sp³-hybridized carbons (Fsp3) is 0.429. The van der Waals surface area contributed by atoms with Gasteiger partial charge < -0.3 is 15.3 Å². The van der Waals surface area contributed by atoms with Crippen LogP contribution in [0.15, 0.2) is 18.2 Å². The van der Waals surface area contributed by atoms with E-state index in [9.17, 15) is 9.59 Å². The zero-order valence-electron chi connectivity index (χ0n) is 11.4. The minimum atomic E-state index is -0.855. The summed E-state index contributed by atoms with van der Waals surface area (Å²) in [4.78, 5) is 24.8. The van der Waals surface area contributed by atoms with E-state index < -0.39 is 11.9 Å². The van der Waals surface area contributed by atoms with Crippen molar-refractivity contribution in [2.45, 2.75) is 13.8 Å². The van der Waals surface area contributed by atoms with Crippen molar-refractivity contribution >= 4 is 29.3 Å². The second-order valence-electron chi connectivity index (χ2n) is 5.17. The molecule has 0 spiro atoms. The van der Waals surface area contributed by atoms with Gasteiger partial charge in [-0.25, -0.2) is 4.79 Å². The van der Waals surface area contributed by atoms with E-state index in [0.717, 1.165) is 5.56 Å². The standard InChI is InChI=1S/C14H17ClN2O3/c1-8-6-17(7-10(8)13(18)19)14(20)16-12-5-3-4-11(15)9(12)2/h3-5,8,10H,6-7H2,1-2H3,(H,16,20)(H,18,19). The first kappa shape index (κ1) is 14.7. The highest BCUT2D eigenvalue weighted by atomic mass is 35.5. The molecular formula is C14H17ClN2O3. The summed E-state index contributed by atoms with van der Waals surface area (Å²) in [6.45, 7) is 4.35. The molecule has 1 heterocycles.